The van der Waals surface area contributed by atoms with Gasteiger partial charge in [-0.15, -0.1) is 0 Å². The summed E-state index contributed by atoms with van der Waals surface area (Å²) in [5, 5.41) is 17.7. The summed E-state index contributed by atoms with van der Waals surface area (Å²) in [7, 11) is 0. The first-order valence-electron chi connectivity index (χ1n) is 3.20. The zero-order chi connectivity index (χ0) is 7.28. The van der Waals surface area contributed by atoms with Crippen molar-refractivity contribution in [2.45, 2.75) is 32.7 Å². The van der Waals surface area contributed by atoms with Crippen molar-refractivity contribution in [2.75, 3.05) is 6.61 Å². The maximum Gasteiger partial charge on any atom is 0.180 e. The van der Waals surface area contributed by atoms with Crippen LogP contribution in [0.25, 0.3) is 0 Å². The maximum atomic E-state index is 8.88. The van der Waals surface area contributed by atoms with Gasteiger partial charge in [0.1, 0.15) is 6.10 Å². The molecule has 0 radical (unpaired) electrons. The van der Waals surface area contributed by atoms with E-state index in [1.54, 1.807) is 13.8 Å². The highest BCUT2D eigenvalue weighted by Gasteiger charge is 2.12. The number of hydrogen-bond donors (Lipinski definition) is 2. The minimum absolute atomic E-state index is 0.429. The highest BCUT2D eigenvalue weighted by molar-refractivity contribution is 4.53. The second-order valence-electron chi connectivity index (χ2n) is 1.82. The largest absolute Gasteiger partial charge is 0.388 e. The second-order valence-corrected chi connectivity index (χ2v) is 1.82. The van der Waals surface area contributed by atoms with Crippen LogP contribution in [0, 0.1) is 0 Å². The van der Waals surface area contributed by atoms with Crippen LogP contribution >= 0.6 is 0 Å². The van der Waals surface area contributed by atoms with Gasteiger partial charge in [-0.1, -0.05) is 6.92 Å². The van der Waals surface area contributed by atoms with Gasteiger partial charge in [-0.3, -0.25) is 0 Å². The zero-order valence-electron chi connectivity index (χ0n) is 5.87. The molecule has 9 heavy (non-hydrogen) atoms. The average Bonchev–Trinajstić information content (AvgIpc) is 1.87. The van der Waals surface area contributed by atoms with Gasteiger partial charge in [0.2, 0.25) is 0 Å². The fourth-order valence-electron chi connectivity index (χ4n) is 0.483. The molecule has 0 spiro atoms. The summed E-state index contributed by atoms with van der Waals surface area (Å²) < 4.78 is 4.70. The van der Waals surface area contributed by atoms with E-state index in [1.807, 2.05) is 0 Å². The van der Waals surface area contributed by atoms with Crippen molar-refractivity contribution in [3.05, 3.63) is 0 Å². The number of aliphatic hydroxyl groups excluding tert-OH is 2. The van der Waals surface area contributed by atoms with E-state index >= 15 is 0 Å². The first-order chi connectivity index (χ1) is 4.22. The summed E-state index contributed by atoms with van der Waals surface area (Å²) in [6.45, 7) is 3.98. The Labute approximate surface area is 55.3 Å². The molecule has 0 aromatic heterocycles. The molecule has 0 fully saturated rings. The Morgan fingerprint density at radius 3 is 2.22 bits per heavy atom. The third-order valence-electron chi connectivity index (χ3n) is 1.08. The van der Waals surface area contributed by atoms with Gasteiger partial charge in [-0.2, -0.15) is 0 Å². The van der Waals surface area contributed by atoms with Crippen LogP contribution in [0.3, 0.4) is 0 Å². The van der Waals surface area contributed by atoms with E-state index in [-0.39, 0.29) is 0 Å². The van der Waals surface area contributed by atoms with E-state index in [9.17, 15) is 0 Å². The summed E-state index contributed by atoms with van der Waals surface area (Å²) in [6, 6.07) is 0. The predicted octanol–water partition coefficient (Wildman–Crippen LogP) is 0.112. The first kappa shape index (κ1) is 8.88. The summed E-state index contributed by atoms with van der Waals surface area (Å²) in [5.41, 5.74) is 0. The van der Waals surface area contributed by atoms with Crippen LogP contribution in [0.2, 0.25) is 0 Å². The van der Waals surface area contributed by atoms with E-state index < -0.39 is 12.4 Å². The lowest BCUT2D eigenvalue weighted by atomic mass is 10.3. The quantitative estimate of drug-likeness (QED) is 0.536. The number of hydrogen-bond acceptors (Lipinski definition) is 3. The molecule has 0 saturated carbocycles. The molecular weight excluding hydrogens is 120 g/mol. The van der Waals surface area contributed by atoms with Crippen LogP contribution < -0.4 is 0 Å². The smallest absolute Gasteiger partial charge is 0.180 e. The minimum atomic E-state index is -1.01. The van der Waals surface area contributed by atoms with Gasteiger partial charge in [0, 0.05) is 6.61 Å². The van der Waals surface area contributed by atoms with E-state index in [0.717, 1.165) is 0 Å². The molecule has 3 heteroatoms. The van der Waals surface area contributed by atoms with Gasteiger partial charge < -0.3 is 14.9 Å². The zero-order valence-corrected chi connectivity index (χ0v) is 5.87. The van der Waals surface area contributed by atoms with Crippen LogP contribution in [-0.2, 0) is 4.74 Å². The Bertz CT molecular complexity index is 65.3. The Morgan fingerprint density at radius 1 is 1.33 bits per heavy atom. The lowest BCUT2D eigenvalue weighted by Gasteiger charge is -2.14. The normalized spacial score (nSPS) is 17.3. The molecule has 3 nitrogen and oxygen atoms in total. The van der Waals surface area contributed by atoms with Crippen molar-refractivity contribution in [1.29, 1.82) is 0 Å². The van der Waals surface area contributed by atoms with Gasteiger partial charge in [0.15, 0.2) is 6.29 Å². The summed E-state index contributed by atoms with van der Waals surface area (Å²) in [4.78, 5) is 0. The van der Waals surface area contributed by atoms with Crippen LogP contribution in [0.4, 0.5) is 0 Å². The maximum absolute atomic E-state index is 8.88. The average molecular weight is 134 g/mol. The Balaban J connectivity index is 3.32. The molecule has 0 bridgehead atoms. The third kappa shape index (κ3) is 3.46. The molecule has 56 valence electrons. The Kier molecular flexibility index (Phi) is 4.67. The summed E-state index contributed by atoms with van der Waals surface area (Å²) >= 11 is 0. The van der Waals surface area contributed by atoms with Gasteiger partial charge in [-0.25, -0.2) is 0 Å². The highest BCUT2D eigenvalue weighted by atomic mass is 16.6. The molecule has 0 aliphatic heterocycles. The van der Waals surface area contributed by atoms with Crippen LogP contribution in [0.1, 0.15) is 20.3 Å². The summed E-state index contributed by atoms with van der Waals surface area (Å²) in [6.07, 6.45) is -1.24. The minimum Gasteiger partial charge on any atom is -0.388 e. The van der Waals surface area contributed by atoms with Gasteiger partial charge in [0.25, 0.3) is 0 Å². The Hall–Kier alpha value is -0.120. The van der Waals surface area contributed by atoms with Crippen molar-refractivity contribution in [2.24, 2.45) is 0 Å². The molecule has 2 N–H and O–H groups in total. The highest BCUT2D eigenvalue weighted by Crippen LogP contribution is 1.98. The standard InChI is InChI=1S/C6H14O3/c1-3-5(7)6(8)9-4-2/h5-8H,3-4H2,1-2H3. The van der Waals surface area contributed by atoms with Crippen molar-refractivity contribution in [1.82, 2.24) is 0 Å². The molecule has 0 amide bonds. The van der Waals surface area contributed by atoms with E-state index in [0.29, 0.717) is 13.0 Å². The molecule has 0 aromatic carbocycles. The van der Waals surface area contributed by atoms with Crippen molar-refractivity contribution >= 4 is 0 Å². The molecule has 0 aliphatic carbocycles. The van der Waals surface area contributed by atoms with Crippen LogP contribution in [0.15, 0.2) is 0 Å². The fraction of sp³-hybridized carbons (Fsp3) is 1.00. The molecular formula is C6H14O3. The molecule has 0 aromatic rings. The lowest BCUT2D eigenvalue weighted by Crippen LogP contribution is -2.27. The molecule has 0 rings (SSSR count). The lowest BCUT2D eigenvalue weighted by molar-refractivity contribution is -0.158. The van der Waals surface area contributed by atoms with Crippen molar-refractivity contribution in [3.8, 4) is 0 Å². The molecule has 0 saturated heterocycles. The van der Waals surface area contributed by atoms with E-state index in [2.05, 4.69) is 0 Å². The topological polar surface area (TPSA) is 49.7 Å². The number of rotatable bonds is 4. The molecule has 0 heterocycles. The molecule has 0 aliphatic rings. The summed E-state index contributed by atoms with van der Waals surface area (Å²) in [5.74, 6) is 0. The SMILES string of the molecule is CCOC(O)C(O)CC. The molecule has 2 unspecified atom stereocenters. The first-order valence-corrected chi connectivity index (χ1v) is 3.20. The van der Waals surface area contributed by atoms with Gasteiger partial charge in [0.05, 0.1) is 0 Å². The van der Waals surface area contributed by atoms with Gasteiger partial charge >= 0.3 is 0 Å². The van der Waals surface area contributed by atoms with E-state index in [4.69, 9.17) is 14.9 Å². The van der Waals surface area contributed by atoms with Crippen LogP contribution in [0.5, 0.6) is 0 Å². The van der Waals surface area contributed by atoms with Crippen LogP contribution in [-0.4, -0.2) is 29.2 Å². The van der Waals surface area contributed by atoms with Crippen molar-refractivity contribution in [3.63, 3.8) is 0 Å². The number of aliphatic hydroxyl groups is 2. The Morgan fingerprint density at radius 2 is 1.89 bits per heavy atom. The monoisotopic (exact) mass is 134 g/mol. The third-order valence-corrected chi connectivity index (χ3v) is 1.08. The van der Waals surface area contributed by atoms with Crippen molar-refractivity contribution < 1.29 is 14.9 Å². The molecule has 2 atom stereocenters. The number of ether oxygens (including phenoxy) is 1. The van der Waals surface area contributed by atoms with E-state index in [1.165, 1.54) is 0 Å². The second kappa shape index (κ2) is 4.73. The fourth-order valence-corrected chi connectivity index (χ4v) is 0.483. The van der Waals surface area contributed by atoms with Gasteiger partial charge in [-0.05, 0) is 13.3 Å². The predicted molar refractivity (Wildman–Crippen MR) is 33.9 cm³/mol.